The highest BCUT2D eigenvalue weighted by Crippen LogP contribution is 2.58. The smallest absolute Gasteiger partial charge is 0.0639 e. The predicted molar refractivity (Wildman–Crippen MR) is 316 cm³/mol. The summed E-state index contributed by atoms with van der Waals surface area (Å²) in [5.74, 6) is 0. The molecule has 0 radical (unpaired) electrons. The molecule has 362 valence electrons. The molecule has 5 aliphatic rings. The third-order valence-electron chi connectivity index (χ3n) is 14.9. The molecule has 5 aliphatic carbocycles. The second-order valence-corrected chi connectivity index (χ2v) is 19.4. The van der Waals surface area contributed by atoms with Gasteiger partial charge in [0.1, 0.15) is 0 Å². The molecule has 0 aromatic heterocycles. The first-order valence-corrected chi connectivity index (χ1v) is 26.6. The van der Waals surface area contributed by atoms with E-state index in [0.29, 0.717) is 0 Å². The summed E-state index contributed by atoms with van der Waals surface area (Å²) in [7, 11) is 0. The zero-order valence-corrected chi connectivity index (χ0v) is 43.9. The van der Waals surface area contributed by atoms with Crippen molar-refractivity contribution in [1.29, 1.82) is 0 Å². The molecule has 0 aliphatic heterocycles. The Bertz CT molecular complexity index is 3230. The Morgan fingerprint density at radius 3 is 2.15 bits per heavy atom. The van der Waals surface area contributed by atoms with Gasteiger partial charge >= 0.3 is 0 Å². The monoisotopic (exact) mass is 939 g/mol. The van der Waals surface area contributed by atoms with Crippen LogP contribution in [-0.2, 0) is 24.7 Å². The molecule has 0 bridgehead atoms. The summed E-state index contributed by atoms with van der Waals surface area (Å²) in [5.41, 5.74) is 25.1. The van der Waals surface area contributed by atoms with Crippen LogP contribution in [0.15, 0.2) is 241 Å². The lowest BCUT2D eigenvalue weighted by molar-refractivity contribution is 0.644. The van der Waals surface area contributed by atoms with Gasteiger partial charge in [0.2, 0.25) is 0 Å². The maximum atomic E-state index is 4.36. The van der Waals surface area contributed by atoms with Gasteiger partial charge in [0.05, 0.1) is 5.41 Å². The quantitative estimate of drug-likeness (QED) is 0.133. The minimum absolute atomic E-state index is 0.0898. The first-order chi connectivity index (χ1) is 35.3. The molecule has 0 amide bonds. The fourth-order valence-corrected chi connectivity index (χ4v) is 11.4. The highest BCUT2D eigenvalue weighted by Gasteiger charge is 2.48. The number of benzene rings is 6. The van der Waals surface area contributed by atoms with Crippen LogP contribution in [-0.4, -0.2) is 0 Å². The first-order valence-electron chi connectivity index (χ1n) is 26.6. The Hall–Kier alpha value is -7.28. The van der Waals surface area contributed by atoms with Crippen molar-refractivity contribution in [2.45, 2.75) is 105 Å². The van der Waals surface area contributed by atoms with Gasteiger partial charge in [-0.3, -0.25) is 0 Å². The van der Waals surface area contributed by atoms with Crippen LogP contribution in [0.2, 0.25) is 0 Å². The molecule has 6 aromatic carbocycles. The van der Waals surface area contributed by atoms with Crippen LogP contribution in [0, 0.1) is 20.8 Å². The molecule has 0 heterocycles. The summed E-state index contributed by atoms with van der Waals surface area (Å²) in [6.07, 6.45) is 40.5. The van der Waals surface area contributed by atoms with Crippen LogP contribution in [0.1, 0.15) is 115 Å². The largest absolute Gasteiger partial charge is 0.0991 e. The van der Waals surface area contributed by atoms with Gasteiger partial charge in [0, 0.05) is 0 Å². The van der Waals surface area contributed by atoms with Crippen molar-refractivity contribution < 1.29 is 0 Å². The van der Waals surface area contributed by atoms with E-state index in [0.717, 1.165) is 63.4 Å². The maximum Gasteiger partial charge on any atom is 0.0639 e. The number of aryl methyl sites for hydroxylation is 4. The first kappa shape index (κ1) is 51.1. The lowest BCUT2D eigenvalue weighted by Crippen LogP contribution is -2.32. The zero-order chi connectivity index (χ0) is 50.5. The van der Waals surface area contributed by atoms with Crippen molar-refractivity contribution in [3.8, 4) is 11.1 Å². The van der Waals surface area contributed by atoms with Crippen molar-refractivity contribution in [2.24, 2.45) is 0 Å². The Morgan fingerprint density at radius 2 is 1.39 bits per heavy atom. The van der Waals surface area contributed by atoms with Crippen LogP contribution in [0.4, 0.5) is 0 Å². The third-order valence-corrected chi connectivity index (χ3v) is 14.9. The van der Waals surface area contributed by atoms with E-state index < -0.39 is 0 Å². The number of rotatable bonds is 8. The predicted octanol–water partition coefficient (Wildman–Crippen LogP) is 19.7. The van der Waals surface area contributed by atoms with Gasteiger partial charge in [-0.05, 0) is 173 Å². The summed E-state index contributed by atoms with van der Waals surface area (Å²) in [5, 5.41) is 2.69. The molecular weight excluding hydrogens is 865 g/mol. The summed E-state index contributed by atoms with van der Waals surface area (Å²) >= 11 is 0. The summed E-state index contributed by atoms with van der Waals surface area (Å²) in [6.45, 7) is 20.7. The molecule has 0 spiro atoms. The van der Waals surface area contributed by atoms with Crippen LogP contribution in [0.5, 0.6) is 0 Å². The van der Waals surface area contributed by atoms with Gasteiger partial charge in [-0.2, -0.15) is 0 Å². The van der Waals surface area contributed by atoms with Gasteiger partial charge < -0.3 is 0 Å². The third kappa shape index (κ3) is 10.9. The zero-order valence-electron chi connectivity index (χ0n) is 43.9. The second kappa shape index (κ2) is 24.2. The number of fused-ring (bicyclic) bond motifs is 5. The number of hydrogen-bond acceptors (Lipinski definition) is 0. The Labute approximate surface area is 433 Å². The van der Waals surface area contributed by atoms with E-state index in [1.807, 2.05) is 26.0 Å². The van der Waals surface area contributed by atoms with Gasteiger partial charge in [-0.1, -0.05) is 257 Å². The average Bonchev–Trinajstić information content (AvgIpc) is 3.73. The number of hydrogen-bond donors (Lipinski definition) is 0. The lowest BCUT2D eigenvalue weighted by Gasteiger charge is -2.39. The Morgan fingerprint density at radius 1 is 0.639 bits per heavy atom. The van der Waals surface area contributed by atoms with E-state index >= 15 is 0 Å². The molecule has 0 N–H and O–H groups in total. The molecule has 72 heavy (non-hydrogen) atoms. The molecule has 0 nitrogen and oxygen atoms in total. The van der Waals surface area contributed by atoms with E-state index in [1.54, 1.807) is 17.2 Å². The van der Waals surface area contributed by atoms with Gasteiger partial charge in [-0.25, -0.2) is 0 Å². The normalized spacial score (nSPS) is 17.8. The van der Waals surface area contributed by atoms with Crippen molar-refractivity contribution in [2.75, 3.05) is 0 Å². The standard InChI is InChI=1S/C29H26.C26H24.C15H18.C2H6/c1-3-21-13-15-22(16-14-21)28-18-24-9-5-7-11-26(24)29-19-23-8-4-6-10-25(23)20(2)12-17-27(28)29;1-19-10-9-13-21(18-19)26(20-11-3-2-4-12-20)24-16-7-5-14-22(24)23-15-6-8-17-25(23)26;1-4-5-6-7-8-9-15-11-10-13(2)12-14(15)3;1-2/h5-7,9-18H,2-4,8,19H2,1H3;2-3,5-7,9-11,13-16,18H,4,8,12,17H2,1H3;4-8,10-12H,1,9H2,2-3H3;1-2H3/b17-12-;;6-5-,8-7-;. The lowest BCUT2D eigenvalue weighted by atomic mass is 9.63. The molecule has 11 rings (SSSR count). The van der Waals surface area contributed by atoms with Crippen molar-refractivity contribution in [3.63, 3.8) is 0 Å². The van der Waals surface area contributed by atoms with Crippen LogP contribution in [0.3, 0.4) is 0 Å². The van der Waals surface area contributed by atoms with Crippen LogP contribution in [0.25, 0.3) is 33.5 Å². The highest BCUT2D eigenvalue weighted by molar-refractivity contribution is 5.96. The van der Waals surface area contributed by atoms with Crippen molar-refractivity contribution >= 4 is 22.4 Å². The molecule has 0 saturated heterocycles. The minimum atomic E-state index is -0.0898. The van der Waals surface area contributed by atoms with Crippen LogP contribution >= 0.6 is 0 Å². The SMILES string of the molecule is C=C/C=C\C=C/Cc1ccc(C)cc1C.C=C1/C=C\c2c(-c3ccc(CC)cc3)cc3ccccc3c2CC2=C1C=CCC2.CC.Cc1cccc(C2(C3=CC=CCC3)C3=C(C=CCC3)c3ccccc32)c1. The second-order valence-electron chi connectivity index (χ2n) is 19.4. The van der Waals surface area contributed by atoms with Gasteiger partial charge in [0.15, 0.2) is 0 Å². The van der Waals surface area contributed by atoms with Gasteiger partial charge in [0.25, 0.3) is 0 Å². The van der Waals surface area contributed by atoms with E-state index in [-0.39, 0.29) is 5.41 Å². The van der Waals surface area contributed by atoms with E-state index in [9.17, 15) is 0 Å². The average molecular weight is 939 g/mol. The topological polar surface area (TPSA) is 0 Å². The van der Waals surface area contributed by atoms with E-state index in [4.69, 9.17) is 0 Å². The fraction of sp³-hybridized carbons (Fsp3) is 0.222. The van der Waals surface area contributed by atoms with E-state index in [1.165, 1.54) is 94.3 Å². The molecule has 0 heteroatoms. The van der Waals surface area contributed by atoms with E-state index in [2.05, 4.69) is 229 Å². The Kier molecular flexibility index (Phi) is 17.2. The molecule has 0 saturated carbocycles. The fourth-order valence-electron chi connectivity index (χ4n) is 11.4. The maximum absolute atomic E-state index is 4.36. The molecular formula is C72H74. The summed E-state index contributed by atoms with van der Waals surface area (Å²) < 4.78 is 0. The molecule has 1 atom stereocenters. The van der Waals surface area contributed by atoms with Crippen molar-refractivity contribution in [1.82, 2.24) is 0 Å². The molecule has 6 aromatic rings. The summed E-state index contributed by atoms with van der Waals surface area (Å²) in [4.78, 5) is 0. The number of allylic oxidation sites excluding steroid dienone is 19. The minimum Gasteiger partial charge on any atom is -0.0991 e. The highest BCUT2D eigenvalue weighted by atomic mass is 14.5. The summed E-state index contributed by atoms with van der Waals surface area (Å²) in [6, 6.07) is 45.1. The van der Waals surface area contributed by atoms with Gasteiger partial charge in [-0.15, -0.1) is 0 Å². The Balaban J connectivity index is 0.000000149. The van der Waals surface area contributed by atoms with Crippen molar-refractivity contribution in [3.05, 3.63) is 297 Å². The van der Waals surface area contributed by atoms with Crippen LogP contribution < -0.4 is 0 Å². The molecule has 1 unspecified atom stereocenters. The molecule has 0 fully saturated rings.